The van der Waals surface area contributed by atoms with Crippen LogP contribution in [0.3, 0.4) is 0 Å². The van der Waals surface area contributed by atoms with Gasteiger partial charge in [0, 0.05) is 6.92 Å². The maximum atomic E-state index is 13.9. The van der Waals surface area contributed by atoms with Crippen LogP contribution in [0.4, 0.5) is 8.78 Å². The van der Waals surface area contributed by atoms with Gasteiger partial charge in [0.05, 0.1) is 5.56 Å². The first-order valence-corrected chi connectivity index (χ1v) is 6.51. The summed E-state index contributed by atoms with van der Waals surface area (Å²) in [4.78, 5) is 24.4. The van der Waals surface area contributed by atoms with E-state index >= 15 is 0 Å². The van der Waals surface area contributed by atoms with Gasteiger partial charge in [-0.15, -0.1) is 0 Å². The first kappa shape index (κ1) is 14.1. The average Bonchev–Trinajstić information content (AvgIpc) is 2.48. The van der Waals surface area contributed by atoms with E-state index in [0.29, 0.717) is 5.56 Å². The van der Waals surface area contributed by atoms with Crippen molar-refractivity contribution < 1.29 is 18.0 Å². The van der Waals surface area contributed by atoms with Crippen LogP contribution in [0.25, 0.3) is 22.1 Å². The maximum Gasteiger partial charge on any atom is 0.204 e. The number of carbonyl (C=O) groups is 1. The third-order valence-electron chi connectivity index (χ3n) is 3.32. The number of hydrogen-bond donors (Lipinski definition) is 0. The van der Waals surface area contributed by atoms with Crippen molar-refractivity contribution in [3.05, 3.63) is 70.1 Å². The van der Waals surface area contributed by atoms with Gasteiger partial charge < -0.3 is 4.42 Å². The van der Waals surface area contributed by atoms with E-state index < -0.39 is 22.8 Å². The Labute approximate surface area is 123 Å². The van der Waals surface area contributed by atoms with Gasteiger partial charge in [0.15, 0.2) is 11.5 Å². The van der Waals surface area contributed by atoms with Crippen molar-refractivity contribution in [2.75, 3.05) is 0 Å². The Kier molecular flexibility index (Phi) is 3.33. The second-order valence-electron chi connectivity index (χ2n) is 4.81. The second kappa shape index (κ2) is 5.18. The molecule has 0 aliphatic carbocycles. The number of fused-ring (bicyclic) bond motifs is 1. The number of hydrogen-bond acceptors (Lipinski definition) is 3. The van der Waals surface area contributed by atoms with Crippen molar-refractivity contribution in [3.8, 4) is 11.1 Å². The lowest BCUT2D eigenvalue weighted by Crippen LogP contribution is -2.12. The van der Waals surface area contributed by atoms with Gasteiger partial charge in [-0.25, -0.2) is 8.78 Å². The van der Waals surface area contributed by atoms with Crippen molar-refractivity contribution in [3.63, 3.8) is 0 Å². The Balaban J connectivity index is 2.46. The minimum atomic E-state index is -0.732. The lowest BCUT2D eigenvalue weighted by molar-refractivity contribution is 0.0988. The van der Waals surface area contributed by atoms with Crippen LogP contribution in [0.2, 0.25) is 0 Å². The normalized spacial score (nSPS) is 10.9. The van der Waals surface area contributed by atoms with Gasteiger partial charge in [0.1, 0.15) is 22.6 Å². The standard InChI is InChI=1S/C17H10F2O3/c1-9(20)17-14(10-5-7-11(18)8-6-10)16(21)15-12(19)3-2-4-13(15)22-17/h2-8H,1H3. The molecule has 3 nitrogen and oxygen atoms in total. The number of Topliss-reactive ketones (excluding diaryl/α,β-unsaturated/α-hetero) is 1. The Morgan fingerprint density at radius 3 is 2.36 bits per heavy atom. The number of carbonyl (C=O) groups excluding carboxylic acids is 1. The van der Waals surface area contributed by atoms with E-state index in [2.05, 4.69) is 0 Å². The quantitative estimate of drug-likeness (QED) is 0.673. The molecule has 0 aliphatic rings. The van der Waals surface area contributed by atoms with Crippen LogP contribution in [0.15, 0.2) is 51.7 Å². The summed E-state index contributed by atoms with van der Waals surface area (Å²) in [6.07, 6.45) is 0. The molecular weight excluding hydrogens is 290 g/mol. The van der Waals surface area contributed by atoms with Gasteiger partial charge in [0.25, 0.3) is 0 Å². The van der Waals surface area contributed by atoms with Crippen molar-refractivity contribution in [2.24, 2.45) is 0 Å². The molecule has 1 aromatic heterocycles. The molecule has 3 rings (SSSR count). The molecule has 110 valence electrons. The smallest absolute Gasteiger partial charge is 0.204 e. The molecule has 0 fully saturated rings. The van der Waals surface area contributed by atoms with Gasteiger partial charge in [-0.3, -0.25) is 9.59 Å². The lowest BCUT2D eigenvalue weighted by atomic mass is 10.0. The van der Waals surface area contributed by atoms with Crippen LogP contribution in [-0.4, -0.2) is 5.78 Å². The molecule has 0 saturated heterocycles. The Morgan fingerprint density at radius 1 is 1.05 bits per heavy atom. The first-order valence-electron chi connectivity index (χ1n) is 6.51. The Morgan fingerprint density at radius 2 is 1.73 bits per heavy atom. The highest BCUT2D eigenvalue weighted by Gasteiger charge is 2.21. The summed E-state index contributed by atoms with van der Waals surface area (Å²) in [5.74, 6) is -1.86. The summed E-state index contributed by atoms with van der Waals surface area (Å²) in [6, 6.07) is 8.96. The SMILES string of the molecule is CC(=O)c1oc2cccc(F)c2c(=O)c1-c1ccc(F)cc1. The van der Waals surface area contributed by atoms with Crippen LogP contribution < -0.4 is 5.43 Å². The molecule has 22 heavy (non-hydrogen) atoms. The lowest BCUT2D eigenvalue weighted by Gasteiger charge is -2.08. The molecule has 1 heterocycles. The summed E-state index contributed by atoms with van der Waals surface area (Å²) in [7, 11) is 0. The first-order chi connectivity index (χ1) is 10.5. The van der Waals surface area contributed by atoms with E-state index in [1.807, 2.05) is 0 Å². The van der Waals surface area contributed by atoms with Crippen LogP contribution in [0.1, 0.15) is 17.5 Å². The van der Waals surface area contributed by atoms with Crippen LogP contribution in [-0.2, 0) is 0 Å². The molecule has 0 bridgehead atoms. The molecule has 0 N–H and O–H groups in total. The molecule has 3 aromatic rings. The summed E-state index contributed by atoms with van der Waals surface area (Å²) in [5, 5.41) is -0.230. The number of benzene rings is 2. The maximum absolute atomic E-state index is 13.9. The van der Waals surface area contributed by atoms with Gasteiger partial charge in [0.2, 0.25) is 5.43 Å². The van der Waals surface area contributed by atoms with Crippen LogP contribution in [0, 0.1) is 11.6 Å². The molecule has 0 unspecified atom stereocenters. The zero-order valence-corrected chi connectivity index (χ0v) is 11.5. The highest BCUT2D eigenvalue weighted by atomic mass is 19.1. The van der Waals surface area contributed by atoms with Gasteiger partial charge >= 0.3 is 0 Å². The molecular formula is C17H10F2O3. The summed E-state index contributed by atoms with van der Waals surface area (Å²) in [5.41, 5.74) is -0.423. The predicted molar refractivity (Wildman–Crippen MR) is 77.8 cm³/mol. The van der Waals surface area contributed by atoms with Crippen molar-refractivity contribution in [2.45, 2.75) is 6.92 Å². The Bertz CT molecular complexity index is 941. The topological polar surface area (TPSA) is 47.3 Å². The Hall–Kier alpha value is -2.82. The van der Waals surface area contributed by atoms with E-state index in [1.54, 1.807) is 0 Å². The fourth-order valence-corrected chi connectivity index (χ4v) is 2.33. The van der Waals surface area contributed by atoms with E-state index in [0.717, 1.165) is 18.2 Å². The van der Waals surface area contributed by atoms with Gasteiger partial charge in [-0.05, 0) is 29.8 Å². The van der Waals surface area contributed by atoms with E-state index in [4.69, 9.17) is 4.42 Å². The minimum Gasteiger partial charge on any atom is -0.452 e. The molecule has 5 heteroatoms. The highest BCUT2D eigenvalue weighted by molar-refractivity contribution is 6.00. The molecule has 0 saturated carbocycles. The fraction of sp³-hybridized carbons (Fsp3) is 0.0588. The molecule has 0 aliphatic heterocycles. The van der Waals surface area contributed by atoms with E-state index in [9.17, 15) is 18.4 Å². The minimum absolute atomic E-state index is 0.000983. The van der Waals surface area contributed by atoms with E-state index in [1.165, 1.54) is 31.2 Å². The molecule has 0 amide bonds. The summed E-state index contributed by atoms with van der Waals surface area (Å²) >= 11 is 0. The summed E-state index contributed by atoms with van der Waals surface area (Å²) < 4.78 is 32.4. The zero-order valence-electron chi connectivity index (χ0n) is 11.5. The van der Waals surface area contributed by atoms with Crippen LogP contribution in [0.5, 0.6) is 0 Å². The highest BCUT2D eigenvalue weighted by Crippen LogP contribution is 2.26. The monoisotopic (exact) mass is 300 g/mol. The third kappa shape index (κ3) is 2.20. The zero-order chi connectivity index (χ0) is 15.9. The molecule has 2 aromatic carbocycles. The molecule has 0 atom stereocenters. The van der Waals surface area contributed by atoms with Crippen molar-refractivity contribution in [1.29, 1.82) is 0 Å². The summed E-state index contributed by atoms with van der Waals surface area (Å²) in [6.45, 7) is 1.25. The van der Waals surface area contributed by atoms with Crippen LogP contribution >= 0.6 is 0 Å². The number of ketones is 1. The number of rotatable bonds is 2. The third-order valence-corrected chi connectivity index (χ3v) is 3.32. The van der Waals surface area contributed by atoms with Crippen molar-refractivity contribution >= 4 is 16.8 Å². The number of halogens is 2. The van der Waals surface area contributed by atoms with Crippen molar-refractivity contribution in [1.82, 2.24) is 0 Å². The fourth-order valence-electron chi connectivity index (χ4n) is 2.33. The van der Waals surface area contributed by atoms with Gasteiger partial charge in [-0.2, -0.15) is 0 Å². The second-order valence-corrected chi connectivity index (χ2v) is 4.81. The predicted octanol–water partition coefficient (Wildman–Crippen LogP) is 3.94. The largest absolute Gasteiger partial charge is 0.452 e. The molecule has 0 spiro atoms. The molecule has 0 radical (unpaired) electrons. The van der Waals surface area contributed by atoms with E-state index in [-0.39, 0.29) is 22.3 Å². The average molecular weight is 300 g/mol. The van der Waals surface area contributed by atoms with Gasteiger partial charge in [-0.1, -0.05) is 18.2 Å².